The van der Waals surface area contributed by atoms with Crippen LogP contribution in [0.25, 0.3) is 0 Å². The predicted octanol–water partition coefficient (Wildman–Crippen LogP) is 2.06. The van der Waals surface area contributed by atoms with Crippen LogP contribution in [0.4, 0.5) is 0 Å². The number of carbonyl (C=O) groups excluding carboxylic acids is 1. The molecule has 0 aromatic rings. The number of rotatable bonds is 4. The summed E-state index contributed by atoms with van der Waals surface area (Å²) in [6.45, 7) is 8.33. The lowest BCUT2D eigenvalue weighted by Crippen LogP contribution is -2.69. The molecule has 1 rings (SSSR count). The Bertz CT molecular complexity index is 280. The minimum Gasteiger partial charge on any atom is -0.378 e. The molecule has 3 nitrogen and oxygen atoms in total. The molecule has 16 heavy (non-hydrogen) atoms. The molecule has 1 N–H and O–H groups in total. The van der Waals surface area contributed by atoms with E-state index >= 15 is 0 Å². The third-order valence-electron chi connectivity index (χ3n) is 4.32. The second-order valence-electron chi connectivity index (χ2n) is 5.30. The highest BCUT2D eigenvalue weighted by Crippen LogP contribution is 2.51. The van der Waals surface area contributed by atoms with Gasteiger partial charge in [-0.15, -0.1) is 0 Å². The molecular formula is C12H23NO2S. The van der Waals surface area contributed by atoms with Gasteiger partial charge in [-0.3, -0.25) is 4.79 Å². The van der Waals surface area contributed by atoms with Gasteiger partial charge in [0.25, 0.3) is 0 Å². The number of thioether (sulfide) groups is 1. The van der Waals surface area contributed by atoms with Crippen molar-refractivity contribution in [3.8, 4) is 0 Å². The summed E-state index contributed by atoms with van der Waals surface area (Å²) in [6.07, 6.45) is 2.85. The molecule has 0 unspecified atom stereocenters. The zero-order valence-electron chi connectivity index (χ0n) is 11.1. The lowest BCUT2D eigenvalue weighted by atomic mass is 9.56. The van der Waals surface area contributed by atoms with Gasteiger partial charge in [0.2, 0.25) is 5.91 Å². The molecule has 0 aliphatic heterocycles. The van der Waals surface area contributed by atoms with Crippen LogP contribution in [-0.4, -0.2) is 36.2 Å². The molecule has 1 fully saturated rings. The van der Waals surface area contributed by atoms with Gasteiger partial charge in [-0.2, -0.15) is 11.8 Å². The SMILES string of the molecule is CO[C@]1(C)C[C@H](NC(=O)[C@H](C)SC)C1(C)C. The van der Waals surface area contributed by atoms with Gasteiger partial charge in [0.05, 0.1) is 10.9 Å². The Hall–Kier alpha value is -0.220. The van der Waals surface area contributed by atoms with Crippen LogP contribution in [0.3, 0.4) is 0 Å². The molecule has 94 valence electrons. The maximum Gasteiger partial charge on any atom is 0.233 e. The number of hydrogen-bond acceptors (Lipinski definition) is 3. The molecule has 0 aromatic heterocycles. The lowest BCUT2D eigenvalue weighted by molar-refractivity contribution is -0.182. The van der Waals surface area contributed by atoms with Crippen LogP contribution in [0.2, 0.25) is 0 Å². The molecule has 0 aromatic carbocycles. The number of ether oxygens (including phenoxy) is 1. The topological polar surface area (TPSA) is 38.3 Å². The van der Waals surface area contributed by atoms with Gasteiger partial charge in [0.15, 0.2) is 0 Å². The zero-order valence-corrected chi connectivity index (χ0v) is 11.9. The molecule has 1 aliphatic carbocycles. The third-order valence-corrected chi connectivity index (χ3v) is 5.24. The largest absolute Gasteiger partial charge is 0.378 e. The van der Waals surface area contributed by atoms with Crippen LogP contribution in [0.5, 0.6) is 0 Å². The van der Waals surface area contributed by atoms with Gasteiger partial charge >= 0.3 is 0 Å². The second-order valence-corrected chi connectivity index (χ2v) is 6.48. The highest BCUT2D eigenvalue weighted by atomic mass is 32.2. The van der Waals surface area contributed by atoms with E-state index in [1.165, 1.54) is 0 Å². The predicted molar refractivity (Wildman–Crippen MR) is 68.7 cm³/mol. The average molecular weight is 245 g/mol. The van der Waals surface area contributed by atoms with E-state index in [2.05, 4.69) is 26.1 Å². The van der Waals surface area contributed by atoms with Crippen molar-refractivity contribution in [2.75, 3.05) is 13.4 Å². The average Bonchev–Trinajstić information content (AvgIpc) is 2.26. The zero-order chi connectivity index (χ0) is 12.6. The number of hydrogen-bond donors (Lipinski definition) is 1. The molecule has 0 radical (unpaired) electrons. The first kappa shape index (κ1) is 13.8. The third kappa shape index (κ3) is 2.09. The quantitative estimate of drug-likeness (QED) is 0.824. The van der Waals surface area contributed by atoms with Gasteiger partial charge in [-0.25, -0.2) is 0 Å². The van der Waals surface area contributed by atoms with E-state index in [0.717, 1.165) is 6.42 Å². The van der Waals surface area contributed by atoms with E-state index in [1.54, 1.807) is 18.9 Å². The van der Waals surface area contributed by atoms with Gasteiger partial charge in [-0.1, -0.05) is 13.8 Å². The molecule has 0 saturated heterocycles. The van der Waals surface area contributed by atoms with E-state index in [1.807, 2.05) is 13.2 Å². The Morgan fingerprint density at radius 1 is 1.50 bits per heavy atom. The summed E-state index contributed by atoms with van der Waals surface area (Å²) in [7, 11) is 1.74. The fourth-order valence-electron chi connectivity index (χ4n) is 2.12. The van der Waals surface area contributed by atoms with Crippen molar-refractivity contribution in [1.29, 1.82) is 0 Å². The molecular weight excluding hydrogens is 222 g/mol. The van der Waals surface area contributed by atoms with Gasteiger partial charge in [-0.05, 0) is 26.5 Å². The maximum absolute atomic E-state index is 11.8. The van der Waals surface area contributed by atoms with Crippen LogP contribution < -0.4 is 5.32 Å². The summed E-state index contributed by atoms with van der Waals surface area (Å²) in [6, 6.07) is 0.222. The summed E-state index contributed by atoms with van der Waals surface area (Å²) in [4.78, 5) is 11.8. The van der Waals surface area contributed by atoms with Crippen LogP contribution in [0.15, 0.2) is 0 Å². The van der Waals surface area contributed by atoms with E-state index in [-0.39, 0.29) is 28.2 Å². The van der Waals surface area contributed by atoms with Crippen LogP contribution in [0.1, 0.15) is 34.1 Å². The number of amides is 1. The van der Waals surface area contributed by atoms with E-state index in [4.69, 9.17) is 4.74 Å². The number of methoxy groups -OCH3 is 1. The number of carbonyl (C=O) groups is 1. The minimum atomic E-state index is -0.118. The Morgan fingerprint density at radius 2 is 2.06 bits per heavy atom. The van der Waals surface area contributed by atoms with Crippen LogP contribution >= 0.6 is 11.8 Å². The van der Waals surface area contributed by atoms with Crippen molar-refractivity contribution in [3.63, 3.8) is 0 Å². The van der Waals surface area contributed by atoms with Crippen LogP contribution in [0, 0.1) is 5.41 Å². The summed E-state index contributed by atoms with van der Waals surface area (Å²) in [5, 5.41) is 3.13. The molecule has 0 heterocycles. The van der Waals surface area contributed by atoms with Gasteiger partial charge < -0.3 is 10.1 Å². The highest BCUT2D eigenvalue weighted by molar-refractivity contribution is 7.99. The van der Waals surface area contributed by atoms with Crippen molar-refractivity contribution in [1.82, 2.24) is 5.32 Å². The monoisotopic (exact) mass is 245 g/mol. The van der Waals surface area contributed by atoms with Crippen molar-refractivity contribution in [3.05, 3.63) is 0 Å². The number of nitrogens with one attached hydrogen (secondary N) is 1. The standard InChI is InChI=1S/C12H23NO2S/c1-8(16-6)10(14)13-9-7-12(4,15-5)11(9,2)3/h8-9H,7H2,1-6H3,(H,13,14)/t8-,9-,12+/m0/s1. The molecule has 0 spiro atoms. The fraction of sp³-hybridized carbons (Fsp3) is 0.917. The minimum absolute atomic E-state index is 0.00443. The Morgan fingerprint density at radius 3 is 2.44 bits per heavy atom. The first-order valence-electron chi connectivity index (χ1n) is 5.67. The Kier molecular flexibility index (Phi) is 3.95. The van der Waals surface area contributed by atoms with E-state index < -0.39 is 0 Å². The van der Waals surface area contributed by atoms with Crippen molar-refractivity contribution >= 4 is 17.7 Å². The van der Waals surface area contributed by atoms with Crippen molar-refractivity contribution in [2.45, 2.75) is 51.0 Å². The highest BCUT2D eigenvalue weighted by Gasteiger charge is 2.58. The normalized spacial score (nSPS) is 34.0. The first-order chi connectivity index (χ1) is 7.28. The van der Waals surface area contributed by atoms with Crippen molar-refractivity contribution in [2.24, 2.45) is 5.41 Å². The molecule has 4 heteroatoms. The van der Waals surface area contributed by atoms with Gasteiger partial charge in [0, 0.05) is 18.6 Å². The first-order valence-corrected chi connectivity index (χ1v) is 6.95. The Balaban J connectivity index is 2.58. The molecule has 3 atom stereocenters. The fourth-order valence-corrected chi connectivity index (χ4v) is 2.40. The summed E-state index contributed by atoms with van der Waals surface area (Å²) >= 11 is 1.57. The summed E-state index contributed by atoms with van der Waals surface area (Å²) in [5.74, 6) is 0.128. The molecule has 1 saturated carbocycles. The van der Waals surface area contributed by atoms with Crippen molar-refractivity contribution < 1.29 is 9.53 Å². The molecule has 1 aliphatic rings. The smallest absolute Gasteiger partial charge is 0.233 e. The van der Waals surface area contributed by atoms with Gasteiger partial charge in [0.1, 0.15) is 0 Å². The van der Waals surface area contributed by atoms with E-state index in [9.17, 15) is 4.79 Å². The molecule has 0 bridgehead atoms. The lowest BCUT2D eigenvalue weighted by Gasteiger charge is -2.59. The van der Waals surface area contributed by atoms with E-state index in [0.29, 0.717) is 0 Å². The van der Waals surface area contributed by atoms with Crippen LogP contribution in [-0.2, 0) is 9.53 Å². The second kappa shape index (κ2) is 4.57. The molecule has 1 amide bonds. The maximum atomic E-state index is 11.8. The Labute approximate surface area is 103 Å². The summed E-state index contributed by atoms with van der Waals surface area (Å²) in [5.41, 5.74) is -0.122. The summed E-state index contributed by atoms with van der Waals surface area (Å²) < 4.78 is 5.53.